The zero-order chi connectivity index (χ0) is 14.4. The Hall–Kier alpha value is -2.14. The van der Waals surface area contributed by atoms with Crippen molar-refractivity contribution in [3.63, 3.8) is 0 Å². The minimum absolute atomic E-state index is 0.0973. The molecule has 2 N–H and O–H groups in total. The molecular formula is C14H17NO4. The number of benzene rings is 1. The number of carbonyl (C=O) groups is 2. The number of aliphatic hydroxyl groups excluding tert-OH is 1. The SMILES string of the molecule is Cc1ccc(C=CC(=O)O)cc1C(=O)N(C)CCO. The maximum Gasteiger partial charge on any atom is 0.328 e. The first-order valence-electron chi connectivity index (χ1n) is 5.83. The van der Waals surface area contributed by atoms with Gasteiger partial charge in [0.25, 0.3) is 5.91 Å². The Morgan fingerprint density at radius 2 is 2.05 bits per heavy atom. The fourth-order valence-corrected chi connectivity index (χ4v) is 1.60. The first-order valence-corrected chi connectivity index (χ1v) is 5.83. The highest BCUT2D eigenvalue weighted by Gasteiger charge is 2.13. The molecule has 0 radical (unpaired) electrons. The third kappa shape index (κ3) is 4.22. The van der Waals surface area contributed by atoms with Crippen molar-refractivity contribution in [2.24, 2.45) is 0 Å². The van der Waals surface area contributed by atoms with Crippen LogP contribution in [0.2, 0.25) is 0 Å². The number of carboxylic acid groups (broad SMARTS) is 1. The molecule has 102 valence electrons. The Balaban J connectivity index is 3.03. The predicted octanol–water partition coefficient (Wildman–Crippen LogP) is 1.16. The lowest BCUT2D eigenvalue weighted by Crippen LogP contribution is -2.30. The summed E-state index contributed by atoms with van der Waals surface area (Å²) in [5.41, 5.74) is 1.96. The van der Waals surface area contributed by atoms with Crippen molar-refractivity contribution >= 4 is 18.0 Å². The van der Waals surface area contributed by atoms with Crippen LogP contribution >= 0.6 is 0 Å². The monoisotopic (exact) mass is 263 g/mol. The molecule has 0 heterocycles. The zero-order valence-corrected chi connectivity index (χ0v) is 11.0. The van der Waals surface area contributed by atoms with Gasteiger partial charge in [-0.1, -0.05) is 12.1 Å². The molecule has 0 saturated heterocycles. The predicted molar refractivity (Wildman–Crippen MR) is 71.9 cm³/mol. The van der Waals surface area contributed by atoms with E-state index in [1.807, 2.05) is 6.92 Å². The summed E-state index contributed by atoms with van der Waals surface area (Å²) < 4.78 is 0. The van der Waals surface area contributed by atoms with Crippen LogP contribution in [0.25, 0.3) is 6.08 Å². The molecule has 1 aromatic carbocycles. The van der Waals surface area contributed by atoms with Gasteiger partial charge in [0, 0.05) is 25.2 Å². The fourth-order valence-electron chi connectivity index (χ4n) is 1.60. The second-order valence-electron chi connectivity index (χ2n) is 4.20. The van der Waals surface area contributed by atoms with Gasteiger partial charge in [0.2, 0.25) is 0 Å². The van der Waals surface area contributed by atoms with E-state index in [0.29, 0.717) is 11.1 Å². The fraction of sp³-hybridized carbons (Fsp3) is 0.286. The van der Waals surface area contributed by atoms with Gasteiger partial charge in [-0.05, 0) is 30.2 Å². The van der Waals surface area contributed by atoms with E-state index in [1.165, 1.54) is 11.0 Å². The normalized spacial score (nSPS) is 10.7. The van der Waals surface area contributed by atoms with Crippen LogP contribution in [0.1, 0.15) is 21.5 Å². The lowest BCUT2D eigenvalue weighted by Gasteiger charge is -2.17. The van der Waals surface area contributed by atoms with E-state index >= 15 is 0 Å². The van der Waals surface area contributed by atoms with Crippen molar-refractivity contribution in [2.75, 3.05) is 20.2 Å². The van der Waals surface area contributed by atoms with Crippen LogP contribution in [-0.2, 0) is 4.79 Å². The van der Waals surface area contributed by atoms with E-state index in [9.17, 15) is 9.59 Å². The van der Waals surface area contributed by atoms with Gasteiger partial charge in [-0.3, -0.25) is 4.79 Å². The van der Waals surface area contributed by atoms with Gasteiger partial charge in [0.15, 0.2) is 0 Å². The van der Waals surface area contributed by atoms with Crippen molar-refractivity contribution < 1.29 is 19.8 Å². The molecule has 19 heavy (non-hydrogen) atoms. The second-order valence-corrected chi connectivity index (χ2v) is 4.20. The van der Waals surface area contributed by atoms with Gasteiger partial charge in [-0.15, -0.1) is 0 Å². The highest BCUT2D eigenvalue weighted by molar-refractivity contribution is 5.96. The van der Waals surface area contributed by atoms with Crippen LogP contribution in [-0.4, -0.2) is 47.2 Å². The number of hydrogen-bond donors (Lipinski definition) is 2. The third-order valence-electron chi connectivity index (χ3n) is 2.69. The number of carboxylic acids is 1. The van der Waals surface area contributed by atoms with Gasteiger partial charge in [-0.25, -0.2) is 4.79 Å². The molecule has 0 aliphatic rings. The number of aliphatic carboxylic acids is 1. The first kappa shape index (κ1) is 14.9. The van der Waals surface area contributed by atoms with Crippen molar-refractivity contribution in [2.45, 2.75) is 6.92 Å². The van der Waals surface area contributed by atoms with Crippen molar-refractivity contribution in [3.8, 4) is 0 Å². The lowest BCUT2D eigenvalue weighted by atomic mass is 10.0. The van der Waals surface area contributed by atoms with Crippen LogP contribution in [0.4, 0.5) is 0 Å². The summed E-state index contributed by atoms with van der Waals surface area (Å²) in [6.07, 6.45) is 2.46. The molecule has 0 spiro atoms. The van der Waals surface area contributed by atoms with E-state index in [4.69, 9.17) is 10.2 Å². The van der Waals surface area contributed by atoms with E-state index in [-0.39, 0.29) is 19.1 Å². The number of hydrogen-bond acceptors (Lipinski definition) is 3. The Kier molecular flexibility index (Phi) is 5.26. The molecule has 5 nitrogen and oxygen atoms in total. The van der Waals surface area contributed by atoms with Crippen LogP contribution in [0.15, 0.2) is 24.3 Å². The second kappa shape index (κ2) is 6.70. The molecule has 0 fully saturated rings. The molecule has 1 amide bonds. The molecule has 0 atom stereocenters. The summed E-state index contributed by atoms with van der Waals surface area (Å²) in [5.74, 6) is -1.23. The average molecular weight is 263 g/mol. The molecular weight excluding hydrogens is 246 g/mol. The minimum Gasteiger partial charge on any atom is -0.478 e. The zero-order valence-electron chi connectivity index (χ0n) is 11.0. The van der Waals surface area contributed by atoms with Gasteiger partial charge >= 0.3 is 5.97 Å². The van der Waals surface area contributed by atoms with Crippen molar-refractivity contribution in [1.29, 1.82) is 0 Å². The van der Waals surface area contributed by atoms with Gasteiger partial charge < -0.3 is 15.1 Å². The molecule has 1 rings (SSSR count). The summed E-state index contributed by atoms with van der Waals surface area (Å²) >= 11 is 0. The molecule has 0 aliphatic carbocycles. The van der Waals surface area contributed by atoms with Gasteiger partial charge in [-0.2, -0.15) is 0 Å². The standard InChI is InChI=1S/C14H17NO4/c1-10-3-4-11(5-6-13(17)18)9-12(10)14(19)15(2)7-8-16/h3-6,9,16H,7-8H2,1-2H3,(H,17,18). The number of aryl methyl sites for hydroxylation is 1. The largest absolute Gasteiger partial charge is 0.478 e. The Labute approximate surface area is 111 Å². The summed E-state index contributed by atoms with van der Waals surface area (Å²) in [4.78, 5) is 24.0. The number of rotatable bonds is 5. The molecule has 0 saturated carbocycles. The lowest BCUT2D eigenvalue weighted by molar-refractivity contribution is -0.131. The summed E-state index contributed by atoms with van der Waals surface area (Å²) in [6.45, 7) is 1.97. The smallest absolute Gasteiger partial charge is 0.328 e. The summed E-state index contributed by atoms with van der Waals surface area (Å²) in [7, 11) is 1.61. The van der Waals surface area contributed by atoms with E-state index in [2.05, 4.69) is 0 Å². The van der Waals surface area contributed by atoms with Crippen LogP contribution in [0.5, 0.6) is 0 Å². The van der Waals surface area contributed by atoms with E-state index in [0.717, 1.165) is 11.6 Å². The number of aliphatic hydroxyl groups is 1. The molecule has 0 aliphatic heterocycles. The number of nitrogens with zero attached hydrogens (tertiary/aromatic N) is 1. The highest BCUT2D eigenvalue weighted by Crippen LogP contribution is 2.14. The Bertz CT molecular complexity index is 508. The molecule has 0 bridgehead atoms. The number of likely N-dealkylation sites (N-methyl/N-ethyl adjacent to an activating group) is 1. The van der Waals surface area contributed by atoms with Crippen LogP contribution < -0.4 is 0 Å². The highest BCUT2D eigenvalue weighted by atomic mass is 16.4. The maximum atomic E-state index is 12.1. The number of amides is 1. The molecule has 0 unspecified atom stereocenters. The van der Waals surface area contributed by atoms with Crippen molar-refractivity contribution in [3.05, 3.63) is 41.0 Å². The van der Waals surface area contributed by atoms with Crippen LogP contribution in [0.3, 0.4) is 0 Å². The minimum atomic E-state index is -1.04. The summed E-state index contributed by atoms with van der Waals surface area (Å²) in [5, 5.41) is 17.4. The van der Waals surface area contributed by atoms with Gasteiger partial charge in [0.1, 0.15) is 0 Å². The van der Waals surface area contributed by atoms with Crippen molar-refractivity contribution in [1.82, 2.24) is 4.90 Å². The van der Waals surface area contributed by atoms with E-state index in [1.54, 1.807) is 25.2 Å². The Morgan fingerprint density at radius 3 is 2.63 bits per heavy atom. The average Bonchev–Trinajstić information content (AvgIpc) is 2.37. The summed E-state index contributed by atoms with van der Waals surface area (Å²) in [6, 6.07) is 5.16. The molecule has 1 aromatic rings. The maximum absolute atomic E-state index is 12.1. The van der Waals surface area contributed by atoms with E-state index < -0.39 is 5.97 Å². The van der Waals surface area contributed by atoms with Crippen LogP contribution in [0, 0.1) is 6.92 Å². The third-order valence-corrected chi connectivity index (χ3v) is 2.69. The van der Waals surface area contributed by atoms with Gasteiger partial charge in [0.05, 0.1) is 6.61 Å². The molecule has 0 aromatic heterocycles. The topological polar surface area (TPSA) is 77.8 Å². The molecule has 5 heteroatoms. The quantitative estimate of drug-likeness (QED) is 0.781. The Morgan fingerprint density at radius 1 is 1.37 bits per heavy atom. The number of carbonyl (C=O) groups excluding carboxylic acids is 1. The first-order chi connectivity index (χ1) is 8.95.